The van der Waals surface area contributed by atoms with E-state index in [1.54, 1.807) is 18.4 Å². The second-order valence-electron chi connectivity index (χ2n) is 6.17. The van der Waals surface area contributed by atoms with E-state index in [4.69, 9.17) is 11.1 Å². The van der Waals surface area contributed by atoms with Crippen molar-refractivity contribution >= 4 is 70.3 Å². The highest BCUT2D eigenvalue weighted by molar-refractivity contribution is 9.10. The quantitative estimate of drug-likeness (QED) is 0.136. The number of hydrogen-bond acceptors (Lipinski definition) is 8. The van der Waals surface area contributed by atoms with Gasteiger partial charge in [0.15, 0.2) is 0 Å². The van der Waals surface area contributed by atoms with Gasteiger partial charge in [0.1, 0.15) is 15.6 Å². The molecule has 0 radical (unpaired) electrons. The van der Waals surface area contributed by atoms with E-state index in [-0.39, 0.29) is 15.6 Å². The van der Waals surface area contributed by atoms with E-state index < -0.39 is 35.3 Å². The molecule has 0 aliphatic heterocycles. The number of halogens is 1. The first kappa shape index (κ1) is 24.4. The Kier molecular flexibility index (Phi) is 7.09. The fourth-order valence-corrected chi connectivity index (χ4v) is 9.74. The summed E-state index contributed by atoms with van der Waals surface area (Å²) in [7, 11) is -8.37. The van der Waals surface area contributed by atoms with Gasteiger partial charge in [0, 0.05) is 16.6 Å². The minimum Gasteiger partial charge on any atom is -0.383 e. The number of thiophene rings is 1. The highest BCUT2D eigenvalue weighted by Gasteiger charge is 2.28. The van der Waals surface area contributed by atoms with Crippen molar-refractivity contribution in [3.05, 3.63) is 74.1 Å². The molecular formula is C18H15BrN4O5S4. The number of nitrogen functional groups attached to an aromatic ring is 1. The lowest BCUT2D eigenvalue weighted by Crippen LogP contribution is -2.10. The van der Waals surface area contributed by atoms with Crippen LogP contribution >= 0.6 is 39.0 Å². The minimum absolute atomic E-state index is 0.104. The van der Waals surface area contributed by atoms with Gasteiger partial charge in [0.2, 0.25) is 0 Å². The molecule has 0 fully saturated rings. The largest absolute Gasteiger partial charge is 0.383 e. The van der Waals surface area contributed by atoms with Gasteiger partial charge in [-0.2, -0.15) is 8.42 Å². The number of non-ortho nitro benzene ring substituents is 1. The van der Waals surface area contributed by atoms with Crippen molar-refractivity contribution in [2.45, 2.75) is 18.9 Å². The van der Waals surface area contributed by atoms with Crippen LogP contribution in [0.4, 0.5) is 5.69 Å². The van der Waals surface area contributed by atoms with E-state index in [9.17, 15) is 22.7 Å². The molecular weight excluding hydrogens is 560 g/mol. The Balaban J connectivity index is 2.38. The van der Waals surface area contributed by atoms with E-state index in [0.717, 1.165) is 29.5 Å². The number of amidine groups is 1. The van der Waals surface area contributed by atoms with Crippen LogP contribution in [0.25, 0.3) is 0 Å². The number of benzene rings is 2. The Bertz CT molecular complexity index is 1460. The molecule has 1 heterocycles. The predicted molar refractivity (Wildman–Crippen MR) is 129 cm³/mol. The topological polar surface area (TPSA) is 157 Å². The number of thioether (sulfide) groups is 1. The molecule has 14 heteroatoms. The van der Waals surface area contributed by atoms with Crippen molar-refractivity contribution in [2.75, 3.05) is 6.26 Å². The molecule has 1 unspecified atom stereocenters. The monoisotopic (exact) mass is 574 g/mol. The van der Waals surface area contributed by atoms with Crippen LogP contribution < -0.4 is 5.73 Å². The predicted octanol–water partition coefficient (Wildman–Crippen LogP) is 4.70. The van der Waals surface area contributed by atoms with Gasteiger partial charge in [-0.3, -0.25) is 15.5 Å². The van der Waals surface area contributed by atoms with E-state index in [1.165, 1.54) is 36.0 Å². The summed E-state index contributed by atoms with van der Waals surface area (Å²) in [6, 6.07) is 12.0. The lowest BCUT2D eigenvalue weighted by atomic mass is 10.3. The second kappa shape index (κ2) is 9.31. The number of nitrogens with zero attached hydrogens (tertiary/aromatic N) is 2. The molecule has 0 saturated heterocycles. The van der Waals surface area contributed by atoms with Crippen LogP contribution in [-0.2, 0) is 19.8 Å². The van der Waals surface area contributed by atoms with Gasteiger partial charge in [-0.1, -0.05) is 31.8 Å². The van der Waals surface area contributed by atoms with Crippen molar-refractivity contribution in [3.8, 4) is 0 Å². The summed E-state index contributed by atoms with van der Waals surface area (Å²) in [6.07, 6.45) is 1.72. The van der Waals surface area contributed by atoms with Crippen LogP contribution in [0.3, 0.4) is 0 Å². The maximum atomic E-state index is 14.3. The van der Waals surface area contributed by atoms with Crippen molar-refractivity contribution in [1.29, 1.82) is 5.41 Å². The molecule has 0 aliphatic rings. The zero-order valence-electron chi connectivity index (χ0n) is 16.2. The van der Waals surface area contributed by atoms with E-state index in [0.29, 0.717) is 13.6 Å². The summed E-state index contributed by atoms with van der Waals surface area (Å²) < 4.78 is 45.5. The molecule has 2 aromatic carbocycles. The molecule has 0 saturated carbocycles. The summed E-state index contributed by atoms with van der Waals surface area (Å²) in [4.78, 5) is 10.4. The highest BCUT2D eigenvalue weighted by Crippen LogP contribution is 2.39. The molecule has 3 N–H and O–H groups in total. The Labute approximate surface area is 201 Å². The molecule has 32 heavy (non-hydrogen) atoms. The fraction of sp³-hybridized carbons (Fsp3) is 0.0556. The molecule has 0 bridgehead atoms. The van der Waals surface area contributed by atoms with Gasteiger partial charge in [-0.25, -0.2) is 4.21 Å². The third-order valence-corrected chi connectivity index (χ3v) is 11.4. The standard InChI is InChI=1S/C18H15BrN4O5S4/c1-29-18-16(10-15(30-18)17(20)21)31(26,13-6-2-4-11(19)8-13)22-32(27,28)14-7-3-5-12(9-14)23(24)25/h2-10H,1H3,(H3,20,21). The Hall–Kier alpha value is -2.26. The SMILES string of the molecule is CSc1sc(C(=N)N)cc1S(=O)(=NS(=O)(=O)c1cccc([N+](=O)[O-])c1)c1cccc(Br)c1. The molecule has 0 amide bonds. The normalized spacial score (nSPS) is 13.3. The molecule has 9 nitrogen and oxygen atoms in total. The molecule has 1 atom stereocenters. The van der Waals surface area contributed by atoms with Crippen LogP contribution in [0, 0.1) is 15.5 Å². The molecule has 168 valence electrons. The van der Waals surface area contributed by atoms with Crippen molar-refractivity contribution in [2.24, 2.45) is 9.50 Å². The third-order valence-electron chi connectivity index (χ3n) is 4.06. The lowest BCUT2D eigenvalue weighted by molar-refractivity contribution is -0.385. The number of nitrogens with one attached hydrogen (secondary N) is 1. The molecule has 1 aromatic heterocycles. The number of rotatable bonds is 7. The van der Waals surface area contributed by atoms with Gasteiger partial charge in [-0.15, -0.1) is 23.1 Å². The Morgan fingerprint density at radius 3 is 2.41 bits per heavy atom. The first-order valence-corrected chi connectivity index (χ1v) is 14.3. The number of nitro benzene ring substituents is 1. The van der Waals surface area contributed by atoms with Crippen molar-refractivity contribution in [1.82, 2.24) is 0 Å². The maximum Gasteiger partial charge on any atom is 0.290 e. The zero-order chi connectivity index (χ0) is 23.7. The summed E-state index contributed by atoms with van der Waals surface area (Å²) in [6.45, 7) is 0. The number of sulfonamides is 1. The lowest BCUT2D eigenvalue weighted by Gasteiger charge is -2.12. The van der Waals surface area contributed by atoms with Crippen LogP contribution in [0.15, 0.2) is 81.7 Å². The number of nitro groups is 1. The Morgan fingerprint density at radius 2 is 1.81 bits per heavy atom. The van der Waals surface area contributed by atoms with Crippen LogP contribution in [0.5, 0.6) is 0 Å². The number of hydrogen-bond donors (Lipinski definition) is 2. The third kappa shape index (κ3) is 4.88. The maximum absolute atomic E-state index is 14.3. The average molecular weight is 576 g/mol. The van der Waals surface area contributed by atoms with Gasteiger partial charge < -0.3 is 5.73 Å². The molecule has 3 aromatic rings. The number of nitrogens with two attached hydrogens (primary N) is 1. The van der Waals surface area contributed by atoms with E-state index in [2.05, 4.69) is 19.7 Å². The Morgan fingerprint density at radius 1 is 1.16 bits per heavy atom. The zero-order valence-corrected chi connectivity index (χ0v) is 21.1. The molecule has 0 spiro atoms. The highest BCUT2D eigenvalue weighted by atomic mass is 79.9. The van der Waals surface area contributed by atoms with Gasteiger partial charge >= 0.3 is 0 Å². The second-order valence-corrected chi connectivity index (χ2v) is 13.2. The first-order valence-electron chi connectivity index (χ1n) is 8.53. The summed E-state index contributed by atoms with van der Waals surface area (Å²) >= 11 is 5.61. The molecule has 3 rings (SSSR count). The van der Waals surface area contributed by atoms with Crippen LogP contribution in [0.1, 0.15) is 4.88 Å². The van der Waals surface area contributed by atoms with E-state index in [1.807, 2.05) is 0 Å². The van der Waals surface area contributed by atoms with Crippen molar-refractivity contribution in [3.63, 3.8) is 0 Å². The van der Waals surface area contributed by atoms with Gasteiger partial charge in [0.05, 0.1) is 28.7 Å². The van der Waals surface area contributed by atoms with Crippen LogP contribution in [0.2, 0.25) is 0 Å². The summed E-state index contributed by atoms with van der Waals surface area (Å²) in [5.74, 6) is -0.255. The summed E-state index contributed by atoms with van der Waals surface area (Å²) in [5.41, 5.74) is 5.16. The minimum atomic E-state index is -4.58. The fourth-order valence-electron chi connectivity index (χ4n) is 2.61. The van der Waals surface area contributed by atoms with E-state index >= 15 is 0 Å². The summed E-state index contributed by atoms with van der Waals surface area (Å²) in [5, 5.41) is 18.8. The first-order chi connectivity index (χ1) is 15.0. The van der Waals surface area contributed by atoms with Gasteiger partial charge in [-0.05, 0) is 36.6 Å². The van der Waals surface area contributed by atoms with Gasteiger partial charge in [0.25, 0.3) is 15.7 Å². The smallest absolute Gasteiger partial charge is 0.290 e. The molecule has 0 aliphatic carbocycles. The van der Waals surface area contributed by atoms with Crippen molar-refractivity contribution < 1.29 is 17.6 Å². The average Bonchev–Trinajstić information content (AvgIpc) is 3.19. The van der Waals surface area contributed by atoms with Crippen LogP contribution in [-0.4, -0.2) is 29.6 Å².